The number of nitrogens with zero attached hydrogens (tertiary/aromatic N) is 2. The molecule has 0 aromatic carbocycles. The number of amides is 2. The van der Waals surface area contributed by atoms with Crippen molar-refractivity contribution in [3.63, 3.8) is 0 Å². The summed E-state index contributed by atoms with van der Waals surface area (Å²) in [5, 5.41) is 16.4. The van der Waals surface area contributed by atoms with Gasteiger partial charge in [0.25, 0.3) is 0 Å². The summed E-state index contributed by atoms with van der Waals surface area (Å²) in [4.78, 5) is 33.7. The van der Waals surface area contributed by atoms with Gasteiger partial charge >= 0.3 is 5.97 Å². The molecule has 2 amide bonds. The van der Waals surface area contributed by atoms with E-state index in [1.807, 2.05) is 0 Å². The van der Waals surface area contributed by atoms with Gasteiger partial charge in [-0.05, 0) is 12.8 Å². The van der Waals surface area contributed by atoms with Crippen molar-refractivity contribution in [3.05, 3.63) is 0 Å². The molecule has 7 heteroatoms. The number of nitrogens with one attached hydrogen (secondary N) is 1. The normalized spacial score (nSPS) is 19.4. The molecule has 1 heterocycles. The molecule has 2 rings (SSSR count). The summed E-state index contributed by atoms with van der Waals surface area (Å²) in [5.41, 5.74) is -0.0304. The zero-order chi connectivity index (χ0) is 13.1. The fourth-order valence-electron chi connectivity index (χ4n) is 1.67. The lowest BCUT2D eigenvalue weighted by molar-refractivity contribution is -0.133. The third-order valence-corrected chi connectivity index (χ3v) is 2.84. The maximum atomic E-state index is 11.5. The standard InChI is InChI=1S/C11H15N3O4/c15-9(12-7-1-2-7)5-6-14-10(16)4-3-8(13-14)11(17)18/h7H,1-6H2,(H,12,15)(H,17,18). The molecule has 0 atom stereocenters. The second kappa shape index (κ2) is 5.16. The maximum Gasteiger partial charge on any atom is 0.352 e. The molecular weight excluding hydrogens is 238 g/mol. The van der Waals surface area contributed by atoms with E-state index in [2.05, 4.69) is 10.4 Å². The van der Waals surface area contributed by atoms with Crippen molar-refractivity contribution < 1.29 is 19.5 Å². The number of aliphatic carboxylic acids is 1. The lowest BCUT2D eigenvalue weighted by Crippen LogP contribution is -2.37. The van der Waals surface area contributed by atoms with Crippen LogP contribution in [0.25, 0.3) is 0 Å². The van der Waals surface area contributed by atoms with Crippen LogP contribution in [0, 0.1) is 0 Å². The highest BCUT2D eigenvalue weighted by Gasteiger charge is 2.26. The first kappa shape index (κ1) is 12.5. The summed E-state index contributed by atoms with van der Waals surface area (Å²) in [6.45, 7) is 0.133. The SMILES string of the molecule is O=C(CCN1N=C(C(=O)O)CCC1=O)NC1CC1. The molecule has 98 valence electrons. The number of hydrogen-bond donors (Lipinski definition) is 2. The molecule has 0 saturated heterocycles. The van der Waals surface area contributed by atoms with Gasteiger partial charge in [0, 0.05) is 25.3 Å². The van der Waals surface area contributed by atoms with Crippen LogP contribution in [0.1, 0.15) is 32.1 Å². The second-order valence-electron chi connectivity index (χ2n) is 4.46. The zero-order valence-electron chi connectivity index (χ0n) is 9.89. The van der Waals surface area contributed by atoms with Gasteiger partial charge in [0.2, 0.25) is 11.8 Å². The van der Waals surface area contributed by atoms with E-state index in [0.717, 1.165) is 17.9 Å². The van der Waals surface area contributed by atoms with Crippen molar-refractivity contribution in [2.24, 2.45) is 5.10 Å². The average molecular weight is 253 g/mol. The van der Waals surface area contributed by atoms with E-state index in [-0.39, 0.29) is 49.4 Å². The lowest BCUT2D eigenvalue weighted by atomic mass is 10.1. The summed E-state index contributed by atoms with van der Waals surface area (Å²) < 4.78 is 0. The molecule has 7 nitrogen and oxygen atoms in total. The molecule has 2 N–H and O–H groups in total. The topological polar surface area (TPSA) is 99.1 Å². The van der Waals surface area contributed by atoms with Crippen molar-refractivity contribution in [3.8, 4) is 0 Å². The van der Waals surface area contributed by atoms with Crippen LogP contribution in [0.2, 0.25) is 0 Å². The van der Waals surface area contributed by atoms with E-state index >= 15 is 0 Å². The molecule has 0 aromatic heterocycles. The second-order valence-corrected chi connectivity index (χ2v) is 4.46. The summed E-state index contributed by atoms with van der Waals surface area (Å²) in [5.74, 6) is -1.47. The van der Waals surface area contributed by atoms with Crippen molar-refractivity contribution in [2.45, 2.75) is 38.1 Å². The first-order chi connectivity index (χ1) is 8.56. The van der Waals surface area contributed by atoms with Crippen molar-refractivity contribution >= 4 is 23.5 Å². The Bertz CT molecular complexity index is 415. The zero-order valence-corrected chi connectivity index (χ0v) is 9.89. The van der Waals surface area contributed by atoms with Crippen LogP contribution in [0.3, 0.4) is 0 Å². The third kappa shape index (κ3) is 3.28. The van der Waals surface area contributed by atoms with Crippen LogP contribution < -0.4 is 5.32 Å². The Morgan fingerprint density at radius 1 is 1.39 bits per heavy atom. The molecule has 0 aromatic rings. The fraction of sp³-hybridized carbons (Fsp3) is 0.636. The molecule has 0 unspecified atom stereocenters. The first-order valence-corrected chi connectivity index (χ1v) is 5.97. The average Bonchev–Trinajstić information content (AvgIpc) is 3.11. The molecule has 1 aliphatic heterocycles. The van der Waals surface area contributed by atoms with Gasteiger partial charge in [-0.25, -0.2) is 9.80 Å². The van der Waals surface area contributed by atoms with E-state index < -0.39 is 5.97 Å². The monoisotopic (exact) mass is 253 g/mol. The molecule has 1 fully saturated rings. The number of carbonyl (C=O) groups excluding carboxylic acids is 2. The number of hydrazone groups is 1. The van der Waals surface area contributed by atoms with Gasteiger partial charge < -0.3 is 10.4 Å². The number of carbonyl (C=O) groups is 3. The maximum absolute atomic E-state index is 11.5. The Morgan fingerprint density at radius 3 is 2.72 bits per heavy atom. The van der Waals surface area contributed by atoms with Crippen molar-refractivity contribution in [2.75, 3.05) is 6.54 Å². The minimum atomic E-state index is -1.12. The predicted molar refractivity (Wildman–Crippen MR) is 61.8 cm³/mol. The van der Waals surface area contributed by atoms with Crippen LogP contribution in [0.15, 0.2) is 5.10 Å². The number of rotatable bonds is 5. The summed E-state index contributed by atoms with van der Waals surface area (Å²) in [6, 6.07) is 0.285. The van der Waals surface area contributed by atoms with E-state index in [0.29, 0.717) is 0 Å². The molecule has 18 heavy (non-hydrogen) atoms. The first-order valence-electron chi connectivity index (χ1n) is 5.97. The van der Waals surface area contributed by atoms with Crippen molar-refractivity contribution in [1.82, 2.24) is 10.3 Å². The lowest BCUT2D eigenvalue weighted by Gasteiger charge is -2.21. The van der Waals surface area contributed by atoms with Gasteiger partial charge in [0.15, 0.2) is 0 Å². The van der Waals surface area contributed by atoms with Crippen LogP contribution in [-0.4, -0.2) is 46.2 Å². The van der Waals surface area contributed by atoms with Gasteiger partial charge in [0.1, 0.15) is 5.71 Å². The fourth-order valence-corrected chi connectivity index (χ4v) is 1.67. The largest absolute Gasteiger partial charge is 0.477 e. The summed E-state index contributed by atoms with van der Waals surface area (Å²) >= 11 is 0. The Balaban J connectivity index is 1.85. The van der Waals surface area contributed by atoms with Crippen LogP contribution >= 0.6 is 0 Å². The minimum absolute atomic E-state index is 0.0304. The molecule has 2 aliphatic rings. The summed E-state index contributed by atoms with van der Waals surface area (Å²) in [7, 11) is 0. The van der Waals surface area contributed by atoms with Gasteiger partial charge in [-0.3, -0.25) is 9.59 Å². The number of carboxylic acids is 1. The van der Waals surface area contributed by atoms with Gasteiger partial charge in [-0.15, -0.1) is 0 Å². The van der Waals surface area contributed by atoms with Gasteiger partial charge in [-0.1, -0.05) is 0 Å². The highest BCUT2D eigenvalue weighted by molar-refractivity contribution is 6.36. The molecular formula is C11H15N3O4. The highest BCUT2D eigenvalue weighted by Crippen LogP contribution is 2.18. The molecule has 0 radical (unpaired) electrons. The van der Waals surface area contributed by atoms with Crippen LogP contribution in [-0.2, 0) is 14.4 Å². The van der Waals surface area contributed by atoms with Gasteiger partial charge in [-0.2, -0.15) is 5.10 Å². The van der Waals surface area contributed by atoms with Gasteiger partial charge in [0.05, 0.1) is 6.54 Å². The smallest absolute Gasteiger partial charge is 0.352 e. The molecule has 1 aliphatic carbocycles. The quantitative estimate of drug-likeness (QED) is 0.703. The molecule has 0 spiro atoms. The van der Waals surface area contributed by atoms with E-state index in [1.165, 1.54) is 0 Å². The van der Waals surface area contributed by atoms with E-state index in [4.69, 9.17) is 5.11 Å². The number of hydrogen-bond acceptors (Lipinski definition) is 4. The minimum Gasteiger partial charge on any atom is -0.477 e. The van der Waals surface area contributed by atoms with Crippen LogP contribution in [0.5, 0.6) is 0 Å². The van der Waals surface area contributed by atoms with E-state index in [9.17, 15) is 14.4 Å². The number of carboxylic acid groups (broad SMARTS) is 1. The van der Waals surface area contributed by atoms with Crippen LogP contribution in [0.4, 0.5) is 0 Å². The Morgan fingerprint density at radius 2 is 2.11 bits per heavy atom. The predicted octanol–water partition coefficient (Wildman–Crippen LogP) is -0.282. The summed E-state index contributed by atoms with van der Waals surface area (Å²) in [6.07, 6.45) is 2.46. The Hall–Kier alpha value is -1.92. The van der Waals surface area contributed by atoms with E-state index in [1.54, 1.807) is 0 Å². The molecule has 1 saturated carbocycles. The van der Waals surface area contributed by atoms with Crippen molar-refractivity contribution in [1.29, 1.82) is 0 Å². The Kier molecular flexibility index (Phi) is 3.59. The molecule has 0 bridgehead atoms. The third-order valence-electron chi connectivity index (χ3n) is 2.84. The highest BCUT2D eigenvalue weighted by atomic mass is 16.4. The Labute approximate surface area is 104 Å².